The number of amides is 3. The number of aromatic nitrogens is 1. The zero-order valence-corrected chi connectivity index (χ0v) is 18.7. The smallest absolute Gasteiger partial charge is 0.332 e. The molecule has 3 amide bonds. The van der Waals surface area contributed by atoms with Gasteiger partial charge in [0.2, 0.25) is 0 Å². The number of rotatable bonds is 3. The molecule has 2 aliphatic heterocycles. The summed E-state index contributed by atoms with van der Waals surface area (Å²) < 4.78 is 0. The highest BCUT2D eigenvalue weighted by atomic mass is 16.2. The van der Waals surface area contributed by atoms with Gasteiger partial charge in [0.25, 0.3) is 5.91 Å². The van der Waals surface area contributed by atoms with Crippen LogP contribution in [0.25, 0.3) is 10.9 Å². The molecule has 1 aromatic heterocycles. The summed E-state index contributed by atoms with van der Waals surface area (Å²) in [5.41, 5.74) is 4.87. The normalized spacial score (nSPS) is 22.1. The van der Waals surface area contributed by atoms with Gasteiger partial charge in [-0.05, 0) is 48.2 Å². The van der Waals surface area contributed by atoms with Crippen LogP contribution in [0.1, 0.15) is 42.1 Å². The second-order valence-corrected chi connectivity index (χ2v) is 9.05. The molecule has 33 heavy (non-hydrogen) atoms. The summed E-state index contributed by atoms with van der Waals surface area (Å²) in [5.74, 6) is -0.242. The summed E-state index contributed by atoms with van der Waals surface area (Å²) in [6.07, 6.45) is 0.979. The highest BCUT2D eigenvalue weighted by Crippen LogP contribution is 2.50. The lowest BCUT2D eigenvalue weighted by molar-refractivity contribution is -0.125. The summed E-state index contributed by atoms with van der Waals surface area (Å²) >= 11 is 0. The van der Waals surface area contributed by atoms with Crippen molar-refractivity contribution >= 4 is 28.5 Å². The lowest BCUT2D eigenvalue weighted by atomic mass is 9.78. The lowest BCUT2D eigenvalue weighted by Crippen LogP contribution is -2.50. The Balaban J connectivity index is 1.57. The highest BCUT2D eigenvalue weighted by molar-refractivity contribution is 6.23. The lowest BCUT2D eigenvalue weighted by Gasteiger charge is -2.40. The monoisotopic (exact) mass is 435 g/mol. The molecule has 4 aromatic rings. The molecule has 0 saturated carbocycles. The number of anilines is 1. The van der Waals surface area contributed by atoms with E-state index in [-0.39, 0.29) is 17.9 Å². The minimum atomic E-state index is -1.08. The van der Waals surface area contributed by atoms with Crippen LogP contribution in [0.2, 0.25) is 0 Å². The number of carbonyl (C=O) groups is 2. The number of imide groups is 1. The van der Waals surface area contributed by atoms with E-state index in [0.717, 1.165) is 34.1 Å². The topological polar surface area (TPSA) is 56.4 Å². The van der Waals surface area contributed by atoms with E-state index in [4.69, 9.17) is 0 Å². The molecule has 2 atom stereocenters. The third-order valence-electron chi connectivity index (χ3n) is 7.33. The number of hydrogen-bond acceptors (Lipinski definition) is 2. The van der Waals surface area contributed by atoms with Gasteiger partial charge in [0.15, 0.2) is 5.54 Å². The SMILES string of the molecule is CCc1ccc([C@H]2CN3C(=O)N(c4ccccc4)C(=O)[C@]3(C)c3[nH]c4ccccc4c32)cc1. The second-order valence-electron chi connectivity index (χ2n) is 9.05. The minimum Gasteiger partial charge on any atom is -0.356 e. The number of fused-ring (bicyclic) bond motifs is 5. The molecule has 0 radical (unpaired) electrons. The van der Waals surface area contributed by atoms with E-state index in [0.29, 0.717) is 12.2 Å². The van der Waals surface area contributed by atoms with Crippen molar-refractivity contribution in [2.75, 3.05) is 11.4 Å². The van der Waals surface area contributed by atoms with Gasteiger partial charge in [-0.25, -0.2) is 9.69 Å². The van der Waals surface area contributed by atoms with Crippen molar-refractivity contribution < 1.29 is 9.59 Å². The van der Waals surface area contributed by atoms with Crippen molar-refractivity contribution in [3.05, 3.63) is 101 Å². The Kier molecular flexibility index (Phi) is 4.24. The van der Waals surface area contributed by atoms with Gasteiger partial charge in [-0.3, -0.25) is 4.79 Å². The maximum Gasteiger partial charge on any atom is 0.332 e. The van der Waals surface area contributed by atoms with Crippen molar-refractivity contribution in [2.24, 2.45) is 0 Å². The van der Waals surface area contributed by atoms with Crippen LogP contribution in [0.5, 0.6) is 0 Å². The third kappa shape index (κ3) is 2.65. The number of carbonyl (C=O) groups excluding carboxylic acids is 2. The second kappa shape index (κ2) is 7.07. The van der Waals surface area contributed by atoms with Crippen LogP contribution in [0.15, 0.2) is 78.9 Å². The Morgan fingerprint density at radius 3 is 2.36 bits per heavy atom. The number of para-hydroxylation sites is 2. The Bertz CT molecular complexity index is 1390. The van der Waals surface area contributed by atoms with Crippen molar-refractivity contribution in [2.45, 2.75) is 31.7 Å². The average molecular weight is 436 g/mol. The molecule has 1 fully saturated rings. The molecule has 1 N–H and O–H groups in total. The molecular formula is C28H25N3O2. The molecule has 1 saturated heterocycles. The van der Waals surface area contributed by atoms with Crippen LogP contribution < -0.4 is 4.90 Å². The minimum absolute atomic E-state index is 0.0254. The number of nitrogens with zero attached hydrogens (tertiary/aromatic N) is 2. The average Bonchev–Trinajstić information content (AvgIpc) is 3.34. The number of H-pyrrole nitrogens is 1. The molecule has 0 aliphatic carbocycles. The van der Waals surface area contributed by atoms with Gasteiger partial charge in [0, 0.05) is 23.4 Å². The molecule has 0 spiro atoms. The third-order valence-corrected chi connectivity index (χ3v) is 7.33. The van der Waals surface area contributed by atoms with Gasteiger partial charge >= 0.3 is 6.03 Å². The Morgan fingerprint density at radius 1 is 0.939 bits per heavy atom. The molecule has 5 heteroatoms. The number of hydrogen-bond donors (Lipinski definition) is 1. The van der Waals surface area contributed by atoms with Gasteiger partial charge in [0.05, 0.1) is 11.4 Å². The molecule has 3 aromatic carbocycles. The number of urea groups is 1. The zero-order valence-electron chi connectivity index (χ0n) is 18.7. The van der Waals surface area contributed by atoms with Crippen LogP contribution in [0.3, 0.4) is 0 Å². The number of aryl methyl sites for hydroxylation is 1. The molecule has 164 valence electrons. The summed E-state index contributed by atoms with van der Waals surface area (Å²) in [4.78, 5) is 34.2. The van der Waals surface area contributed by atoms with E-state index in [2.05, 4.69) is 42.2 Å². The molecule has 3 heterocycles. The first-order valence-corrected chi connectivity index (χ1v) is 11.4. The quantitative estimate of drug-likeness (QED) is 0.428. The molecule has 5 nitrogen and oxygen atoms in total. The summed E-state index contributed by atoms with van der Waals surface area (Å²) in [5, 5.41) is 1.11. The van der Waals surface area contributed by atoms with E-state index in [9.17, 15) is 9.59 Å². The maximum atomic E-state index is 13.9. The first-order chi connectivity index (χ1) is 16.0. The molecule has 0 unspecified atom stereocenters. The molecule has 0 bridgehead atoms. The predicted molar refractivity (Wildman–Crippen MR) is 129 cm³/mol. The zero-order chi connectivity index (χ0) is 22.7. The standard InChI is InChI=1S/C28H25N3O2/c1-3-18-13-15-19(16-14-18)22-17-30-27(33)31(20-9-5-4-6-10-20)26(32)28(30,2)25-24(22)21-11-7-8-12-23(21)29-25/h4-16,22,29H,3,17H2,1-2H3/t22-,28+/m1/s1. The van der Waals surface area contributed by atoms with Gasteiger partial charge < -0.3 is 9.88 Å². The van der Waals surface area contributed by atoms with E-state index >= 15 is 0 Å². The van der Waals surface area contributed by atoms with Gasteiger partial charge in [-0.15, -0.1) is 0 Å². The summed E-state index contributed by atoms with van der Waals surface area (Å²) in [6, 6.07) is 25.7. The van der Waals surface area contributed by atoms with E-state index < -0.39 is 5.54 Å². The van der Waals surface area contributed by atoms with E-state index in [1.165, 1.54) is 10.5 Å². The first kappa shape index (κ1) is 19.8. The Morgan fingerprint density at radius 2 is 1.64 bits per heavy atom. The van der Waals surface area contributed by atoms with Crippen molar-refractivity contribution in [3.8, 4) is 0 Å². The molecule has 2 aliphatic rings. The molecular weight excluding hydrogens is 410 g/mol. The summed E-state index contributed by atoms with van der Waals surface area (Å²) in [7, 11) is 0. The maximum absolute atomic E-state index is 13.9. The fourth-order valence-electron chi connectivity index (χ4n) is 5.48. The number of aromatic amines is 1. The van der Waals surface area contributed by atoms with Crippen LogP contribution in [0, 0.1) is 0 Å². The van der Waals surface area contributed by atoms with E-state index in [1.807, 2.05) is 55.5 Å². The largest absolute Gasteiger partial charge is 0.356 e. The van der Waals surface area contributed by atoms with Crippen molar-refractivity contribution in [1.29, 1.82) is 0 Å². The van der Waals surface area contributed by atoms with Gasteiger partial charge in [0.1, 0.15) is 0 Å². The Hall–Kier alpha value is -3.86. The first-order valence-electron chi connectivity index (χ1n) is 11.4. The van der Waals surface area contributed by atoms with Crippen LogP contribution in [-0.2, 0) is 16.8 Å². The number of nitrogens with one attached hydrogen (secondary N) is 1. The van der Waals surface area contributed by atoms with Crippen molar-refractivity contribution in [1.82, 2.24) is 9.88 Å². The summed E-state index contributed by atoms with van der Waals surface area (Å²) in [6.45, 7) is 4.47. The van der Waals surface area contributed by atoms with Gasteiger partial charge in [-0.1, -0.05) is 67.6 Å². The molecule has 6 rings (SSSR count). The predicted octanol–water partition coefficient (Wildman–Crippen LogP) is 5.56. The highest BCUT2D eigenvalue weighted by Gasteiger charge is 2.60. The van der Waals surface area contributed by atoms with Crippen LogP contribution in [-0.4, -0.2) is 28.4 Å². The van der Waals surface area contributed by atoms with Crippen LogP contribution >= 0.6 is 0 Å². The fourth-order valence-corrected chi connectivity index (χ4v) is 5.48. The van der Waals surface area contributed by atoms with Crippen molar-refractivity contribution in [3.63, 3.8) is 0 Å². The number of benzene rings is 3. The van der Waals surface area contributed by atoms with Gasteiger partial charge in [-0.2, -0.15) is 0 Å². The van der Waals surface area contributed by atoms with E-state index in [1.54, 1.807) is 4.90 Å². The van der Waals surface area contributed by atoms with Crippen LogP contribution in [0.4, 0.5) is 10.5 Å². The Labute approximate surface area is 192 Å². The fraction of sp³-hybridized carbons (Fsp3) is 0.214.